The second-order valence-corrected chi connectivity index (χ2v) is 6.05. The van der Waals surface area contributed by atoms with Crippen LogP contribution < -0.4 is 5.32 Å². The molecule has 126 valence electrons. The van der Waals surface area contributed by atoms with Crippen LogP contribution >= 0.6 is 0 Å². The summed E-state index contributed by atoms with van der Waals surface area (Å²) >= 11 is 0. The van der Waals surface area contributed by atoms with E-state index < -0.39 is 23.7 Å². The Labute approximate surface area is 136 Å². The van der Waals surface area contributed by atoms with Gasteiger partial charge in [0.1, 0.15) is 11.6 Å². The SMILES string of the molecule is C/N=C/c1ccc(CC(NC(=O)OC(C)(C)C)C(=O)OC)cc1. The summed E-state index contributed by atoms with van der Waals surface area (Å²) in [4.78, 5) is 27.7. The third-order valence-corrected chi connectivity index (χ3v) is 2.87. The van der Waals surface area contributed by atoms with Gasteiger partial charge in [0.2, 0.25) is 0 Å². The number of carbonyl (C=O) groups excluding carboxylic acids is 2. The number of nitrogens with one attached hydrogen (secondary N) is 1. The molecule has 1 aromatic carbocycles. The molecule has 0 radical (unpaired) electrons. The van der Waals surface area contributed by atoms with Crippen molar-refractivity contribution in [3.05, 3.63) is 35.4 Å². The van der Waals surface area contributed by atoms with E-state index in [1.165, 1.54) is 7.11 Å². The Balaban J connectivity index is 2.78. The molecular formula is C17H24N2O4. The molecule has 0 aliphatic rings. The third kappa shape index (κ3) is 6.95. The van der Waals surface area contributed by atoms with Gasteiger partial charge in [-0.05, 0) is 31.9 Å². The van der Waals surface area contributed by atoms with Crippen LogP contribution in [0.15, 0.2) is 29.3 Å². The van der Waals surface area contributed by atoms with Crippen molar-refractivity contribution in [3.63, 3.8) is 0 Å². The summed E-state index contributed by atoms with van der Waals surface area (Å²) < 4.78 is 9.92. The molecule has 0 saturated heterocycles. The molecule has 1 rings (SSSR count). The molecule has 1 aromatic rings. The molecular weight excluding hydrogens is 296 g/mol. The van der Waals surface area contributed by atoms with Gasteiger partial charge in [0.05, 0.1) is 7.11 Å². The maximum atomic E-state index is 11.9. The van der Waals surface area contributed by atoms with Gasteiger partial charge in [-0.2, -0.15) is 0 Å². The molecule has 0 aromatic heterocycles. The number of amides is 1. The lowest BCUT2D eigenvalue weighted by Gasteiger charge is -2.22. The van der Waals surface area contributed by atoms with Crippen LogP contribution in [0.5, 0.6) is 0 Å². The summed E-state index contributed by atoms with van der Waals surface area (Å²) in [6.45, 7) is 5.27. The molecule has 0 bridgehead atoms. The van der Waals surface area contributed by atoms with Crippen LogP contribution in [0.3, 0.4) is 0 Å². The van der Waals surface area contributed by atoms with Crippen molar-refractivity contribution in [2.75, 3.05) is 14.2 Å². The number of aliphatic imine (C=N–C) groups is 1. The quantitative estimate of drug-likeness (QED) is 0.667. The Morgan fingerprint density at radius 3 is 2.35 bits per heavy atom. The largest absolute Gasteiger partial charge is 0.467 e. The van der Waals surface area contributed by atoms with E-state index in [9.17, 15) is 9.59 Å². The van der Waals surface area contributed by atoms with Crippen LogP contribution in [0.2, 0.25) is 0 Å². The summed E-state index contributed by atoms with van der Waals surface area (Å²) in [5.74, 6) is -0.518. The zero-order valence-electron chi connectivity index (χ0n) is 14.3. The minimum Gasteiger partial charge on any atom is -0.467 e. The van der Waals surface area contributed by atoms with Crippen LogP contribution in [0.25, 0.3) is 0 Å². The maximum Gasteiger partial charge on any atom is 0.408 e. The van der Waals surface area contributed by atoms with Crippen molar-refractivity contribution in [2.45, 2.75) is 38.8 Å². The molecule has 0 saturated carbocycles. The zero-order valence-corrected chi connectivity index (χ0v) is 14.3. The van der Waals surface area contributed by atoms with E-state index in [-0.39, 0.29) is 0 Å². The summed E-state index contributed by atoms with van der Waals surface area (Å²) in [7, 11) is 2.98. The lowest BCUT2D eigenvalue weighted by atomic mass is 10.0. The van der Waals surface area contributed by atoms with Crippen LogP contribution in [0, 0.1) is 0 Å². The summed E-state index contributed by atoms with van der Waals surface area (Å²) in [5, 5.41) is 2.55. The summed E-state index contributed by atoms with van der Waals surface area (Å²) in [5.41, 5.74) is 1.22. The number of hydrogen-bond donors (Lipinski definition) is 1. The molecule has 6 heteroatoms. The fourth-order valence-corrected chi connectivity index (χ4v) is 1.91. The molecule has 0 spiro atoms. The first-order chi connectivity index (χ1) is 10.7. The van der Waals surface area contributed by atoms with Gasteiger partial charge in [0.15, 0.2) is 0 Å². The van der Waals surface area contributed by atoms with Gasteiger partial charge in [-0.15, -0.1) is 0 Å². The van der Waals surface area contributed by atoms with Crippen LogP contribution in [-0.2, 0) is 20.7 Å². The number of esters is 1. The van der Waals surface area contributed by atoms with E-state index in [4.69, 9.17) is 9.47 Å². The fraction of sp³-hybridized carbons (Fsp3) is 0.471. The van der Waals surface area contributed by atoms with Gasteiger partial charge in [-0.1, -0.05) is 24.3 Å². The van der Waals surface area contributed by atoms with E-state index >= 15 is 0 Å². The molecule has 1 atom stereocenters. The van der Waals surface area contributed by atoms with Crippen molar-refractivity contribution in [3.8, 4) is 0 Å². The molecule has 1 unspecified atom stereocenters. The Bertz CT molecular complexity index is 559. The molecule has 1 amide bonds. The summed E-state index contributed by atoms with van der Waals surface area (Å²) in [6, 6.07) is 6.74. The first kappa shape index (κ1) is 18.7. The van der Waals surface area contributed by atoms with Crippen LogP contribution in [0.1, 0.15) is 31.9 Å². The second-order valence-electron chi connectivity index (χ2n) is 6.05. The Hall–Kier alpha value is -2.37. The number of nitrogens with zero attached hydrogens (tertiary/aromatic N) is 1. The molecule has 0 aliphatic carbocycles. The predicted octanol–water partition coefficient (Wildman–Crippen LogP) is 2.34. The van der Waals surface area contributed by atoms with Gasteiger partial charge < -0.3 is 14.8 Å². The van der Waals surface area contributed by atoms with E-state index in [0.29, 0.717) is 6.42 Å². The van der Waals surface area contributed by atoms with Crippen molar-refractivity contribution < 1.29 is 19.1 Å². The fourth-order valence-electron chi connectivity index (χ4n) is 1.91. The first-order valence-corrected chi connectivity index (χ1v) is 7.33. The standard InChI is InChI=1S/C17H24N2O4/c1-17(2,3)23-16(21)19-14(15(20)22-5)10-12-6-8-13(9-7-12)11-18-4/h6-9,11,14H,10H2,1-5H3,(H,19,21)/b18-11+. The van der Waals surface area contributed by atoms with Crippen LogP contribution in [-0.4, -0.2) is 44.1 Å². The third-order valence-electron chi connectivity index (χ3n) is 2.87. The molecule has 0 heterocycles. The van der Waals surface area contributed by atoms with Crippen molar-refractivity contribution >= 4 is 18.3 Å². The van der Waals surface area contributed by atoms with Gasteiger partial charge in [-0.3, -0.25) is 4.99 Å². The monoisotopic (exact) mass is 320 g/mol. The van der Waals surface area contributed by atoms with Crippen molar-refractivity contribution in [1.29, 1.82) is 0 Å². The lowest BCUT2D eigenvalue weighted by Crippen LogP contribution is -2.45. The minimum absolute atomic E-state index is 0.315. The van der Waals surface area contributed by atoms with E-state index in [1.807, 2.05) is 24.3 Å². The number of carbonyl (C=O) groups is 2. The molecule has 0 aliphatic heterocycles. The maximum absolute atomic E-state index is 11.9. The molecule has 1 N–H and O–H groups in total. The Kier molecular flexibility index (Phi) is 6.75. The van der Waals surface area contributed by atoms with Crippen molar-refractivity contribution in [2.24, 2.45) is 4.99 Å². The minimum atomic E-state index is -0.805. The second kappa shape index (κ2) is 8.31. The molecule has 0 fully saturated rings. The highest BCUT2D eigenvalue weighted by atomic mass is 16.6. The number of ether oxygens (including phenoxy) is 2. The number of benzene rings is 1. The first-order valence-electron chi connectivity index (χ1n) is 7.33. The lowest BCUT2D eigenvalue weighted by molar-refractivity contribution is -0.143. The number of alkyl carbamates (subject to hydrolysis) is 1. The average Bonchev–Trinajstić information content (AvgIpc) is 2.46. The van der Waals surface area contributed by atoms with Gasteiger partial charge >= 0.3 is 12.1 Å². The predicted molar refractivity (Wildman–Crippen MR) is 88.8 cm³/mol. The van der Waals surface area contributed by atoms with E-state index in [1.54, 1.807) is 34.0 Å². The Morgan fingerprint density at radius 1 is 1.26 bits per heavy atom. The highest BCUT2D eigenvalue weighted by molar-refractivity contribution is 5.82. The van der Waals surface area contributed by atoms with Crippen molar-refractivity contribution in [1.82, 2.24) is 5.32 Å². The van der Waals surface area contributed by atoms with E-state index in [2.05, 4.69) is 10.3 Å². The van der Waals surface area contributed by atoms with Gasteiger partial charge in [-0.25, -0.2) is 9.59 Å². The topological polar surface area (TPSA) is 77.0 Å². The number of rotatable bonds is 5. The van der Waals surface area contributed by atoms with Crippen LogP contribution in [0.4, 0.5) is 4.79 Å². The Morgan fingerprint density at radius 2 is 1.87 bits per heavy atom. The molecule has 23 heavy (non-hydrogen) atoms. The number of methoxy groups -OCH3 is 1. The normalized spacial score (nSPS) is 12.7. The van der Waals surface area contributed by atoms with Gasteiger partial charge in [0, 0.05) is 19.7 Å². The zero-order chi connectivity index (χ0) is 17.5. The number of hydrogen-bond acceptors (Lipinski definition) is 5. The molecule has 6 nitrogen and oxygen atoms in total. The average molecular weight is 320 g/mol. The highest BCUT2D eigenvalue weighted by Crippen LogP contribution is 2.10. The highest BCUT2D eigenvalue weighted by Gasteiger charge is 2.25. The van der Waals surface area contributed by atoms with E-state index in [0.717, 1.165) is 11.1 Å². The summed E-state index contributed by atoms with van der Waals surface area (Å²) in [6.07, 6.45) is 1.40. The van der Waals surface area contributed by atoms with Gasteiger partial charge in [0.25, 0.3) is 0 Å². The smallest absolute Gasteiger partial charge is 0.408 e.